The van der Waals surface area contributed by atoms with E-state index in [1.54, 1.807) is 0 Å². The third-order valence-corrected chi connectivity index (χ3v) is 3.11. The highest BCUT2D eigenvalue weighted by Crippen LogP contribution is 2.33. The van der Waals surface area contributed by atoms with E-state index >= 15 is 0 Å². The number of thiol groups is 1. The molecule has 0 aromatic rings. The van der Waals surface area contributed by atoms with Crippen LogP contribution in [0.25, 0.3) is 0 Å². The summed E-state index contributed by atoms with van der Waals surface area (Å²) >= 11 is 4.26. The van der Waals surface area contributed by atoms with Gasteiger partial charge >= 0.3 is 0 Å². The molecule has 1 aliphatic rings. The van der Waals surface area contributed by atoms with Crippen molar-refractivity contribution in [3.8, 4) is 0 Å². The van der Waals surface area contributed by atoms with Gasteiger partial charge in [-0.1, -0.05) is 20.8 Å². The number of nitrogens with zero attached hydrogens (tertiary/aromatic N) is 1. The third kappa shape index (κ3) is 2.67. The summed E-state index contributed by atoms with van der Waals surface area (Å²) in [6.45, 7) is 10.8. The van der Waals surface area contributed by atoms with Crippen LogP contribution in [0.4, 0.5) is 0 Å². The number of rotatable bonds is 2. The summed E-state index contributed by atoms with van der Waals surface area (Å²) in [4.78, 5) is 2.53. The Morgan fingerprint density at radius 3 is 2.50 bits per heavy atom. The van der Waals surface area contributed by atoms with Crippen LogP contribution in [0.15, 0.2) is 0 Å². The minimum Gasteiger partial charge on any atom is -0.302 e. The molecule has 0 spiro atoms. The smallest absolute Gasteiger partial charge is 0.00700 e. The van der Waals surface area contributed by atoms with Gasteiger partial charge in [0, 0.05) is 18.8 Å². The van der Waals surface area contributed by atoms with Gasteiger partial charge in [0.2, 0.25) is 0 Å². The second-order valence-corrected chi connectivity index (χ2v) is 5.32. The van der Waals surface area contributed by atoms with Crippen LogP contribution in [0, 0.1) is 11.3 Å². The molecule has 1 saturated heterocycles. The van der Waals surface area contributed by atoms with Gasteiger partial charge < -0.3 is 4.90 Å². The first-order chi connectivity index (χ1) is 5.54. The molecular weight excluding hydrogens is 166 g/mol. The molecule has 2 heteroatoms. The molecule has 0 aromatic heterocycles. The van der Waals surface area contributed by atoms with Gasteiger partial charge in [0.25, 0.3) is 0 Å². The quantitative estimate of drug-likeness (QED) is 0.649. The maximum atomic E-state index is 4.26. The average Bonchev–Trinajstić information content (AvgIpc) is 2.35. The van der Waals surface area contributed by atoms with Crippen LogP contribution in [-0.4, -0.2) is 30.3 Å². The summed E-state index contributed by atoms with van der Waals surface area (Å²) in [7, 11) is 0. The Morgan fingerprint density at radius 1 is 1.42 bits per heavy atom. The predicted octanol–water partition coefficient (Wildman–Crippen LogP) is 2.28. The van der Waals surface area contributed by atoms with Crippen molar-refractivity contribution in [2.45, 2.75) is 27.2 Å². The summed E-state index contributed by atoms with van der Waals surface area (Å²) in [5.74, 6) is 1.88. The monoisotopic (exact) mass is 187 g/mol. The van der Waals surface area contributed by atoms with E-state index in [-0.39, 0.29) is 0 Å². The molecule has 1 heterocycles. The summed E-state index contributed by atoms with van der Waals surface area (Å²) in [6.07, 6.45) is 1.37. The van der Waals surface area contributed by atoms with Gasteiger partial charge in [-0.05, 0) is 24.3 Å². The maximum Gasteiger partial charge on any atom is 0.00700 e. The Balaban J connectivity index is 2.35. The first-order valence-corrected chi connectivity index (χ1v) is 5.50. The van der Waals surface area contributed by atoms with Crippen molar-refractivity contribution in [3.05, 3.63) is 0 Å². The second kappa shape index (κ2) is 4.01. The lowest BCUT2D eigenvalue weighted by Gasteiger charge is -2.26. The topological polar surface area (TPSA) is 3.24 Å². The van der Waals surface area contributed by atoms with E-state index in [1.807, 2.05) is 0 Å². The van der Waals surface area contributed by atoms with Crippen molar-refractivity contribution in [3.63, 3.8) is 0 Å². The molecule has 0 saturated carbocycles. The van der Waals surface area contributed by atoms with Crippen LogP contribution in [-0.2, 0) is 0 Å². The molecule has 1 rings (SSSR count). The van der Waals surface area contributed by atoms with Crippen LogP contribution in [0.2, 0.25) is 0 Å². The SMILES string of the molecule is CC(C)(C)C1CCN(CCS)C1. The zero-order chi connectivity index (χ0) is 9.19. The van der Waals surface area contributed by atoms with E-state index in [4.69, 9.17) is 0 Å². The molecular formula is C10H21NS. The van der Waals surface area contributed by atoms with Crippen molar-refractivity contribution < 1.29 is 0 Å². The van der Waals surface area contributed by atoms with Gasteiger partial charge in [0.1, 0.15) is 0 Å². The van der Waals surface area contributed by atoms with E-state index in [9.17, 15) is 0 Å². The highest BCUT2D eigenvalue weighted by atomic mass is 32.1. The molecule has 1 fully saturated rings. The molecule has 1 unspecified atom stereocenters. The highest BCUT2D eigenvalue weighted by molar-refractivity contribution is 7.80. The molecule has 0 aliphatic carbocycles. The fourth-order valence-electron chi connectivity index (χ4n) is 1.88. The van der Waals surface area contributed by atoms with Crippen molar-refractivity contribution in [1.82, 2.24) is 4.90 Å². The van der Waals surface area contributed by atoms with Crippen LogP contribution in [0.5, 0.6) is 0 Å². The van der Waals surface area contributed by atoms with Gasteiger partial charge in [0.05, 0.1) is 0 Å². The first-order valence-electron chi connectivity index (χ1n) is 4.87. The molecule has 1 aliphatic heterocycles. The summed E-state index contributed by atoms with van der Waals surface area (Å²) in [5, 5.41) is 0. The van der Waals surface area contributed by atoms with Crippen molar-refractivity contribution in [1.29, 1.82) is 0 Å². The Labute approximate surface area is 81.9 Å². The number of hydrogen-bond donors (Lipinski definition) is 1. The van der Waals surface area contributed by atoms with Crippen LogP contribution < -0.4 is 0 Å². The van der Waals surface area contributed by atoms with E-state index in [0.29, 0.717) is 5.41 Å². The van der Waals surface area contributed by atoms with Gasteiger partial charge in [-0.15, -0.1) is 0 Å². The first kappa shape index (κ1) is 10.4. The van der Waals surface area contributed by atoms with Crippen molar-refractivity contribution in [2.75, 3.05) is 25.4 Å². The molecule has 72 valence electrons. The third-order valence-electron chi connectivity index (χ3n) is 2.91. The summed E-state index contributed by atoms with van der Waals surface area (Å²) in [6, 6.07) is 0. The standard InChI is InChI=1S/C10H21NS/c1-10(2,3)9-4-5-11(8-9)6-7-12/h9,12H,4-8H2,1-3H3. The zero-order valence-corrected chi connectivity index (χ0v) is 9.40. The average molecular weight is 187 g/mol. The predicted molar refractivity (Wildman–Crippen MR) is 57.9 cm³/mol. The fourth-order valence-corrected chi connectivity index (χ4v) is 2.17. The Kier molecular flexibility index (Phi) is 3.47. The fraction of sp³-hybridized carbons (Fsp3) is 1.00. The molecule has 12 heavy (non-hydrogen) atoms. The van der Waals surface area contributed by atoms with Crippen molar-refractivity contribution in [2.24, 2.45) is 11.3 Å². The normalized spacial score (nSPS) is 26.5. The van der Waals surface area contributed by atoms with E-state index in [2.05, 4.69) is 38.3 Å². The minimum absolute atomic E-state index is 0.491. The van der Waals surface area contributed by atoms with Gasteiger partial charge in [-0.2, -0.15) is 12.6 Å². The summed E-state index contributed by atoms with van der Waals surface area (Å²) in [5.41, 5.74) is 0.491. The number of likely N-dealkylation sites (tertiary alicyclic amines) is 1. The lowest BCUT2D eigenvalue weighted by Crippen LogP contribution is -2.27. The Bertz CT molecular complexity index is 139. The Morgan fingerprint density at radius 2 is 2.08 bits per heavy atom. The molecule has 0 bridgehead atoms. The van der Waals surface area contributed by atoms with Crippen molar-refractivity contribution >= 4 is 12.6 Å². The minimum atomic E-state index is 0.491. The molecule has 0 radical (unpaired) electrons. The van der Waals surface area contributed by atoms with Crippen LogP contribution in [0.1, 0.15) is 27.2 Å². The van der Waals surface area contributed by atoms with E-state index in [1.165, 1.54) is 19.5 Å². The molecule has 0 N–H and O–H groups in total. The van der Waals surface area contributed by atoms with E-state index < -0.39 is 0 Å². The summed E-state index contributed by atoms with van der Waals surface area (Å²) < 4.78 is 0. The largest absolute Gasteiger partial charge is 0.302 e. The highest BCUT2D eigenvalue weighted by Gasteiger charge is 2.30. The molecule has 1 atom stereocenters. The molecule has 1 nitrogen and oxygen atoms in total. The lowest BCUT2D eigenvalue weighted by molar-refractivity contribution is 0.233. The van der Waals surface area contributed by atoms with Gasteiger partial charge in [0.15, 0.2) is 0 Å². The van der Waals surface area contributed by atoms with Crippen LogP contribution >= 0.6 is 12.6 Å². The zero-order valence-electron chi connectivity index (χ0n) is 8.51. The molecule has 0 amide bonds. The maximum absolute atomic E-state index is 4.26. The van der Waals surface area contributed by atoms with Crippen LogP contribution in [0.3, 0.4) is 0 Å². The van der Waals surface area contributed by atoms with Gasteiger partial charge in [-0.3, -0.25) is 0 Å². The van der Waals surface area contributed by atoms with Gasteiger partial charge in [-0.25, -0.2) is 0 Å². The number of hydrogen-bond acceptors (Lipinski definition) is 2. The molecule has 0 aromatic carbocycles. The van der Waals surface area contributed by atoms with E-state index in [0.717, 1.165) is 18.2 Å². The second-order valence-electron chi connectivity index (χ2n) is 4.88. The Hall–Kier alpha value is 0.310. The lowest BCUT2D eigenvalue weighted by atomic mass is 9.80.